The van der Waals surface area contributed by atoms with E-state index in [-0.39, 0.29) is 6.04 Å². The van der Waals surface area contributed by atoms with E-state index in [0.29, 0.717) is 5.69 Å². The number of amides is 2. The quantitative estimate of drug-likeness (QED) is 0.824. The molecule has 0 atom stereocenters. The minimum absolute atomic E-state index is 0.160. The largest absolute Gasteiger partial charge is 0.345 e. The van der Waals surface area contributed by atoms with Crippen LogP contribution in [0.3, 0.4) is 0 Å². The van der Waals surface area contributed by atoms with Crippen LogP contribution in [-0.2, 0) is 9.59 Å². The van der Waals surface area contributed by atoms with Crippen LogP contribution in [0.25, 0.3) is 0 Å². The number of carbonyl (C=O) groups is 2. The van der Waals surface area contributed by atoms with Gasteiger partial charge in [-0.2, -0.15) is 0 Å². The predicted molar refractivity (Wildman–Crippen MR) is 73.2 cm³/mol. The third-order valence-corrected chi connectivity index (χ3v) is 3.53. The fourth-order valence-electron chi connectivity index (χ4n) is 2.04. The lowest BCUT2D eigenvalue weighted by Crippen LogP contribution is -2.40. The molecular weight excluding hydrogens is 296 g/mol. The van der Waals surface area contributed by atoms with E-state index < -0.39 is 11.8 Å². The zero-order valence-corrected chi connectivity index (χ0v) is 11.5. The number of hydrogen-bond acceptors (Lipinski definition) is 2. The first kappa shape index (κ1) is 13.1. The van der Waals surface area contributed by atoms with Crippen LogP contribution >= 0.6 is 15.9 Å². The smallest absolute Gasteiger partial charge is 0.313 e. The molecule has 0 aromatic heterocycles. The summed E-state index contributed by atoms with van der Waals surface area (Å²) >= 11 is 3.31. The lowest BCUT2D eigenvalue weighted by molar-refractivity contribution is -0.136. The van der Waals surface area contributed by atoms with Gasteiger partial charge in [0.05, 0.1) is 0 Å². The van der Waals surface area contributed by atoms with Crippen LogP contribution in [0.15, 0.2) is 28.7 Å². The van der Waals surface area contributed by atoms with Gasteiger partial charge in [-0.15, -0.1) is 0 Å². The number of benzene rings is 1. The van der Waals surface area contributed by atoms with E-state index in [2.05, 4.69) is 26.6 Å². The summed E-state index contributed by atoms with van der Waals surface area (Å²) in [5.41, 5.74) is 0.616. The maximum Gasteiger partial charge on any atom is 0.313 e. The summed E-state index contributed by atoms with van der Waals surface area (Å²) in [6.07, 6.45) is 4.19. The highest BCUT2D eigenvalue weighted by Crippen LogP contribution is 2.17. The third-order valence-electron chi connectivity index (χ3n) is 3.00. The van der Waals surface area contributed by atoms with E-state index >= 15 is 0 Å². The summed E-state index contributed by atoms with van der Waals surface area (Å²) in [4.78, 5) is 23.3. The van der Waals surface area contributed by atoms with Gasteiger partial charge in [0.1, 0.15) is 0 Å². The molecule has 0 saturated heterocycles. The van der Waals surface area contributed by atoms with Gasteiger partial charge in [0.15, 0.2) is 0 Å². The molecule has 0 aliphatic heterocycles. The first-order chi connectivity index (χ1) is 8.65. The van der Waals surface area contributed by atoms with Crippen molar-refractivity contribution in [3.8, 4) is 0 Å². The first-order valence-electron chi connectivity index (χ1n) is 6.02. The molecule has 4 nitrogen and oxygen atoms in total. The van der Waals surface area contributed by atoms with E-state index in [1.165, 1.54) is 0 Å². The molecule has 1 fully saturated rings. The van der Waals surface area contributed by atoms with Crippen LogP contribution in [0.4, 0.5) is 5.69 Å². The van der Waals surface area contributed by atoms with Gasteiger partial charge in [-0.1, -0.05) is 28.8 Å². The average molecular weight is 311 g/mol. The maximum absolute atomic E-state index is 11.7. The Bertz CT molecular complexity index is 439. The second kappa shape index (κ2) is 6.00. The highest BCUT2D eigenvalue weighted by Gasteiger charge is 2.21. The average Bonchev–Trinajstić information content (AvgIpc) is 2.85. The van der Waals surface area contributed by atoms with Crippen LogP contribution in [0.5, 0.6) is 0 Å². The number of nitrogens with one attached hydrogen (secondary N) is 2. The van der Waals surface area contributed by atoms with E-state index in [4.69, 9.17) is 0 Å². The van der Waals surface area contributed by atoms with Crippen molar-refractivity contribution in [2.24, 2.45) is 0 Å². The number of anilines is 1. The number of carbonyl (C=O) groups excluding carboxylic acids is 2. The molecule has 2 rings (SSSR count). The first-order valence-corrected chi connectivity index (χ1v) is 6.82. The van der Waals surface area contributed by atoms with E-state index in [1.54, 1.807) is 12.1 Å². The molecular formula is C13H15BrN2O2. The monoisotopic (exact) mass is 310 g/mol. The summed E-state index contributed by atoms with van der Waals surface area (Å²) in [5.74, 6) is -1.16. The minimum Gasteiger partial charge on any atom is -0.345 e. The van der Waals surface area contributed by atoms with Crippen molar-refractivity contribution in [3.63, 3.8) is 0 Å². The summed E-state index contributed by atoms with van der Waals surface area (Å²) in [6.45, 7) is 0. The van der Waals surface area contributed by atoms with E-state index in [1.807, 2.05) is 12.1 Å². The van der Waals surface area contributed by atoms with E-state index in [9.17, 15) is 9.59 Å². The lowest BCUT2D eigenvalue weighted by atomic mass is 10.2. The van der Waals surface area contributed by atoms with Gasteiger partial charge < -0.3 is 10.6 Å². The minimum atomic E-state index is -0.607. The molecule has 2 N–H and O–H groups in total. The molecule has 1 aromatic rings. The van der Waals surface area contributed by atoms with Crippen LogP contribution < -0.4 is 10.6 Å². The van der Waals surface area contributed by atoms with Crippen molar-refractivity contribution in [1.29, 1.82) is 0 Å². The molecule has 2 amide bonds. The Hall–Kier alpha value is -1.36. The molecule has 1 saturated carbocycles. The summed E-state index contributed by atoms with van der Waals surface area (Å²) in [7, 11) is 0. The summed E-state index contributed by atoms with van der Waals surface area (Å²) in [6, 6.07) is 7.26. The fraction of sp³-hybridized carbons (Fsp3) is 0.385. The van der Waals surface area contributed by atoms with Crippen molar-refractivity contribution >= 4 is 33.4 Å². The third kappa shape index (κ3) is 3.57. The van der Waals surface area contributed by atoms with Gasteiger partial charge in [0.25, 0.3) is 0 Å². The van der Waals surface area contributed by atoms with Crippen LogP contribution in [0.2, 0.25) is 0 Å². The summed E-state index contributed by atoms with van der Waals surface area (Å²) in [5, 5.41) is 5.32. The van der Waals surface area contributed by atoms with E-state index in [0.717, 1.165) is 30.2 Å². The van der Waals surface area contributed by atoms with Gasteiger partial charge >= 0.3 is 11.8 Å². The molecule has 5 heteroatoms. The van der Waals surface area contributed by atoms with Crippen LogP contribution in [0, 0.1) is 0 Å². The molecule has 1 aromatic carbocycles. The molecule has 0 bridgehead atoms. The Morgan fingerprint density at radius 3 is 2.28 bits per heavy atom. The van der Waals surface area contributed by atoms with Crippen molar-refractivity contribution in [3.05, 3.63) is 28.7 Å². The van der Waals surface area contributed by atoms with Gasteiger partial charge in [-0.3, -0.25) is 9.59 Å². The second-order valence-electron chi connectivity index (χ2n) is 4.42. The molecule has 0 spiro atoms. The highest BCUT2D eigenvalue weighted by molar-refractivity contribution is 9.10. The zero-order chi connectivity index (χ0) is 13.0. The lowest BCUT2D eigenvalue weighted by Gasteiger charge is -2.11. The summed E-state index contributed by atoms with van der Waals surface area (Å²) < 4.78 is 0.927. The molecule has 96 valence electrons. The van der Waals surface area contributed by atoms with Gasteiger partial charge in [0, 0.05) is 16.2 Å². The number of halogens is 1. The predicted octanol–water partition coefficient (Wildman–Crippen LogP) is 2.45. The number of rotatable bonds is 2. The Morgan fingerprint density at radius 2 is 1.67 bits per heavy atom. The topological polar surface area (TPSA) is 58.2 Å². The van der Waals surface area contributed by atoms with Crippen molar-refractivity contribution in [2.45, 2.75) is 31.7 Å². The van der Waals surface area contributed by atoms with Crippen LogP contribution in [0.1, 0.15) is 25.7 Å². The van der Waals surface area contributed by atoms with Gasteiger partial charge in [0.2, 0.25) is 0 Å². The van der Waals surface area contributed by atoms with Crippen LogP contribution in [-0.4, -0.2) is 17.9 Å². The standard InChI is InChI=1S/C13H15BrN2O2/c14-9-5-7-11(8-6-9)16-13(18)12(17)15-10-3-1-2-4-10/h5-8,10H,1-4H2,(H,15,17)(H,16,18). The molecule has 0 radical (unpaired) electrons. The molecule has 0 heterocycles. The molecule has 1 aliphatic carbocycles. The van der Waals surface area contributed by atoms with Crippen molar-refractivity contribution in [1.82, 2.24) is 5.32 Å². The maximum atomic E-state index is 11.7. The Balaban J connectivity index is 1.86. The SMILES string of the molecule is O=C(Nc1ccc(Br)cc1)C(=O)NC1CCCC1. The zero-order valence-electron chi connectivity index (χ0n) is 9.91. The Labute approximate surface area is 114 Å². The second-order valence-corrected chi connectivity index (χ2v) is 5.33. The Kier molecular flexibility index (Phi) is 4.36. The Morgan fingerprint density at radius 1 is 1.06 bits per heavy atom. The molecule has 18 heavy (non-hydrogen) atoms. The highest BCUT2D eigenvalue weighted by atomic mass is 79.9. The van der Waals surface area contributed by atoms with Gasteiger partial charge in [-0.25, -0.2) is 0 Å². The normalized spacial score (nSPS) is 15.4. The van der Waals surface area contributed by atoms with Crippen molar-refractivity contribution < 1.29 is 9.59 Å². The van der Waals surface area contributed by atoms with Gasteiger partial charge in [-0.05, 0) is 37.1 Å². The number of hydrogen-bond donors (Lipinski definition) is 2. The molecule has 1 aliphatic rings. The van der Waals surface area contributed by atoms with Crippen molar-refractivity contribution in [2.75, 3.05) is 5.32 Å². The fourth-order valence-corrected chi connectivity index (χ4v) is 2.31. The molecule has 0 unspecified atom stereocenters.